The van der Waals surface area contributed by atoms with E-state index in [0.717, 1.165) is 16.5 Å². The number of hydrogen-bond acceptors (Lipinski definition) is 5. The van der Waals surface area contributed by atoms with Crippen LogP contribution < -0.4 is 5.32 Å². The highest BCUT2D eigenvalue weighted by atomic mass is 79.9. The average molecular weight is 399 g/mol. The lowest BCUT2D eigenvalue weighted by Gasteiger charge is -2.15. The molecular formula is C15H19BrN4O2S. The van der Waals surface area contributed by atoms with Crippen molar-refractivity contribution in [1.29, 1.82) is 0 Å². The summed E-state index contributed by atoms with van der Waals surface area (Å²) in [4.78, 5) is 13.8. The van der Waals surface area contributed by atoms with Crippen molar-refractivity contribution < 1.29 is 9.21 Å². The first-order valence-electron chi connectivity index (χ1n) is 7.29. The van der Waals surface area contributed by atoms with Crippen LogP contribution in [-0.2, 0) is 11.5 Å². The lowest BCUT2D eigenvalue weighted by atomic mass is 10.2. The van der Waals surface area contributed by atoms with Gasteiger partial charge in [0.25, 0.3) is 4.84 Å². The highest BCUT2D eigenvalue weighted by Gasteiger charge is 2.13. The van der Waals surface area contributed by atoms with Gasteiger partial charge in [0, 0.05) is 11.0 Å². The Morgan fingerprint density at radius 3 is 2.91 bits per heavy atom. The summed E-state index contributed by atoms with van der Waals surface area (Å²) < 4.78 is 8.01. The van der Waals surface area contributed by atoms with Crippen molar-refractivity contribution in [3.05, 3.63) is 33.6 Å². The predicted molar refractivity (Wildman–Crippen MR) is 94.4 cm³/mol. The van der Waals surface area contributed by atoms with Crippen molar-refractivity contribution in [3.8, 4) is 11.5 Å². The van der Waals surface area contributed by atoms with Gasteiger partial charge in [0.1, 0.15) is 0 Å². The molecule has 6 nitrogen and oxygen atoms in total. The second-order valence-corrected chi connectivity index (χ2v) is 6.36. The number of rotatable bonds is 7. The minimum absolute atomic E-state index is 0.0182. The minimum Gasteiger partial charge on any atom is -0.409 e. The van der Waals surface area contributed by atoms with E-state index in [-0.39, 0.29) is 17.3 Å². The normalized spacial score (nSPS) is 11.0. The van der Waals surface area contributed by atoms with Crippen LogP contribution in [0.1, 0.15) is 13.3 Å². The summed E-state index contributed by atoms with van der Waals surface area (Å²) in [5, 5.41) is 7.23. The summed E-state index contributed by atoms with van der Waals surface area (Å²) in [6.45, 7) is 3.36. The monoisotopic (exact) mass is 398 g/mol. The van der Waals surface area contributed by atoms with Crippen molar-refractivity contribution in [3.63, 3.8) is 0 Å². The van der Waals surface area contributed by atoms with E-state index < -0.39 is 0 Å². The summed E-state index contributed by atoms with van der Waals surface area (Å²) in [7, 11) is 1.83. The molecule has 0 fully saturated rings. The standard InChI is InChI=1S/C15H19BrN4O2S/c1-3-8-17-13(21)9-19(2)10-20-15(23)22-14(18-20)11-6-4-5-7-12(11)16/h4-7H,3,8-10H2,1-2H3,(H,17,21). The molecule has 124 valence electrons. The zero-order valence-corrected chi connectivity index (χ0v) is 15.5. The van der Waals surface area contributed by atoms with Crippen molar-refractivity contribution in [2.75, 3.05) is 20.1 Å². The van der Waals surface area contributed by atoms with E-state index in [1.54, 1.807) is 4.68 Å². The van der Waals surface area contributed by atoms with Crippen LogP contribution in [0.2, 0.25) is 0 Å². The van der Waals surface area contributed by atoms with Crippen molar-refractivity contribution in [1.82, 2.24) is 20.0 Å². The molecule has 0 radical (unpaired) electrons. The quantitative estimate of drug-likeness (QED) is 0.726. The summed E-state index contributed by atoms with van der Waals surface area (Å²) in [5.41, 5.74) is 0.834. The van der Waals surface area contributed by atoms with Gasteiger partial charge >= 0.3 is 0 Å². The summed E-state index contributed by atoms with van der Waals surface area (Å²) in [6.07, 6.45) is 0.916. The van der Waals surface area contributed by atoms with E-state index in [1.165, 1.54) is 0 Å². The van der Waals surface area contributed by atoms with Crippen molar-refractivity contribution >= 4 is 34.1 Å². The maximum atomic E-state index is 11.7. The van der Waals surface area contributed by atoms with Crippen LogP contribution in [0.5, 0.6) is 0 Å². The van der Waals surface area contributed by atoms with E-state index in [9.17, 15) is 4.79 Å². The largest absolute Gasteiger partial charge is 0.409 e. The molecule has 0 atom stereocenters. The summed E-state index contributed by atoms with van der Waals surface area (Å²) in [5.74, 6) is 0.432. The number of nitrogens with zero attached hydrogens (tertiary/aromatic N) is 3. The number of benzene rings is 1. The third-order valence-corrected chi connectivity index (χ3v) is 4.06. The second-order valence-electron chi connectivity index (χ2n) is 5.16. The summed E-state index contributed by atoms with van der Waals surface area (Å²) in [6, 6.07) is 7.64. The highest BCUT2D eigenvalue weighted by molar-refractivity contribution is 9.10. The van der Waals surface area contributed by atoms with Gasteiger partial charge in [-0.25, -0.2) is 4.68 Å². The fourth-order valence-corrected chi connectivity index (χ4v) is 2.62. The Kier molecular flexibility index (Phi) is 6.49. The lowest BCUT2D eigenvalue weighted by molar-refractivity contribution is -0.122. The van der Waals surface area contributed by atoms with Crippen LogP contribution in [0.4, 0.5) is 0 Å². The van der Waals surface area contributed by atoms with Crippen LogP contribution in [0, 0.1) is 4.84 Å². The van der Waals surface area contributed by atoms with E-state index in [0.29, 0.717) is 19.1 Å². The average Bonchev–Trinajstić information content (AvgIpc) is 2.86. The Morgan fingerprint density at radius 1 is 1.48 bits per heavy atom. The molecule has 1 aromatic carbocycles. The van der Waals surface area contributed by atoms with Gasteiger partial charge in [-0.15, -0.1) is 5.10 Å². The first kappa shape index (κ1) is 17.8. The molecule has 0 spiro atoms. The maximum Gasteiger partial charge on any atom is 0.288 e. The van der Waals surface area contributed by atoms with Crippen molar-refractivity contribution in [2.24, 2.45) is 0 Å². The molecule has 0 saturated heterocycles. The SMILES string of the molecule is CCCNC(=O)CN(C)Cn1nc(-c2ccccc2Br)oc1=S. The highest BCUT2D eigenvalue weighted by Crippen LogP contribution is 2.26. The van der Waals surface area contributed by atoms with Crippen LogP contribution in [-0.4, -0.2) is 40.7 Å². The molecule has 1 N–H and O–H groups in total. The third kappa shape index (κ3) is 4.98. The Bertz CT molecular complexity index is 728. The molecule has 2 aromatic rings. The van der Waals surface area contributed by atoms with Crippen molar-refractivity contribution in [2.45, 2.75) is 20.0 Å². The van der Waals surface area contributed by atoms with E-state index in [2.05, 4.69) is 26.3 Å². The van der Waals surface area contributed by atoms with Crippen LogP contribution in [0.3, 0.4) is 0 Å². The number of carbonyl (C=O) groups excluding carboxylic acids is 1. The molecule has 0 saturated carbocycles. The fourth-order valence-electron chi connectivity index (χ4n) is 1.98. The number of halogens is 1. The molecule has 1 amide bonds. The Hall–Kier alpha value is -1.51. The Labute approximate surface area is 148 Å². The van der Waals surface area contributed by atoms with Gasteiger partial charge in [-0.2, -0.15) is 0 Å². The second kappa shape index (κ2) is 8.37. The zero-order chi connectivity index (χ0) is 16.8. The smallest absolute Gasteiger partial charge is 0.288 e. The van der Waals surface area contributed by atoms with Gasteiger partial charge in [-0.1, -0.05) is 19.1 Å². The third-order valence-electron chi connectivity index (χ3n) is 3.07. The van der Waals surface area contributed by atoms with Crippen LogP contribution >= 0.6 is 28.1 Å². The number of amides is 1. The number of carbonyl (C=O) groups is 1. The van der Waals surface area contributed by atoms with Gasteiger partial charge in [-0.3, -0.25) is 9.69 Å². The predicted octanol–water partition coefficient (Wildman–Crippen LogP) is 3.05. The number of hydrogen-bond donors (Lipinski definition) is 1. The number of nitrogens with one attached hydrogen (secondary N) is 1. The van der Waals surface area contributed by atoms with Crippen LogP contribution in [0.25, 0.3) is 11.5 Å². The first-order valence-corrected chi connectivity index (χ1v) is 8.49. The molecule has 0 aliphatic rings. The Morgan fingerprint density at radius 2 is 2.22 bits per heavy atom. The fraction of sp³-hybridized carbons (Fsp3) is 0.400. The topological polar surface area (TPSA) is 63.3 Å². The molecular weight excluding hydrogens is 380 g/mol. The zero-order valence-electron chi connectivity index (χ0n) is 13.1. The molecule has 8 heteroatoms. The van der Waals surface area contributed by atoms with Gasteiger partial charge in [0.05, 0.1) is 18.8 Å². The van der Waals surface area contributed by atoms with Gasteiger partial charge < -0.3 is 9.73 Å². The first-order chi connectivity index (χ1) is 11.0. The van der Waals surface area contributed by atoms with Gasteiger partial charge in [0.15, 0.2) is 0 Å². The molecule has 0 aliphatic heterocycles. The molecule has 0 bridgehead atoms. The van der Waals surface area contributed by atoms with Gasteiger partial charge in [-0.05, 0) is 53.7 Å². The number of likely N-dealkylation sites (N-methyl/N-ethyl adjacent to an activating group) is 1. The van der Waals surface area contributed by atoms with E-state index >= 15 is 0 Å². The molecule has 0 unspecified atom stereocenters. The van der Waals surface area contributed by atoms with E-state index in [4.69, 9.17) is 16.6 Å². The lowest BCUT2D eigenvalue weighted by Crippen LogP contribution is -2.36. The van der Waals surface area contributed by atoms with Gasteiger partial charge in [0.2, 0.25) is 11.8 Å². The molecule has 1 aromatic heterocycles. The Balaban J connectivity index is 2.06. The summed E-state index contributed by atoms with van der Waals surface area (Å²) >= 11 is 8.68. The minimum atomic E-state index is -0.0182. The molecule has 0 aliphatic carbocycles. The molecule has 1 heterocycles. The maximum absolute atomic E-state index is 11.7. The number of aromatic nitrogens is 2. The van der Waals surface area contributed by atoms with E-state index in [1.807, 2.05) is 43.1 Å². The molecule has 2 rings (SSSR count). The molecule has 23 heavy (non-hydrogen) atoms. The van der Waals surface area contributed by atoms with Crippen LogP contribution in [0.15, 0.2) is 33.2 Å².